The minimum absolute atomic E-state index is 0.121. The van der Waals surface area contributed by atoms with E-state index < -0.39 is 5.92 Å². The quantitative estimate of drug-likeness (QED) is 0.728. The zero-order valence-corrected chi connectivity index (χ0v) is 16.3. The Labute approximate surface area is 163 Å². The average Bonchev–Trinajstić information content (AvgIpc) is 3.06. The lowest BCUT2D eigenvalue weighted by Crippen LogP contribution is -2.37. The van der Waals surface area contributed by atoms with Crippen molar-refractivity contribution in [2.45, 2.75) is 20.3 Å². The molecular weight excluding hydrogens is 362 g/mol. The molecule has 1 fully saturated rings. The van der Waals surface area contributed by atoms with Gasteiger partial charge in [-0.15, -0.1) is 0 Å². The number of aryl methyl sites for hydroxylation is 2. The lowest BCUT2D eigenvalue weighted by atomic mass is 10.1. The second kappa shape index (κ2) is 8.12. The van der Waals surface area contributed by atoms with Crippen molar-refractivity contribution in [3.05, 3.63) is 35.7 Å². The van der Waals surface area contributed by atoms with Crippen LogP contribution in [0.3, 0.4) is 0 Å². The van der Waals surface area contributed by atoms with Crippen molar-refractivity contribution in [3.63, 3.8) is 0 Å². The third-order valence-corrected chi connectivity index (χ3v) is 4.45. The molecule has 0 radical (unpaired) electrons. The number of hydrogen-bond acceptors (Lipinski definition) is 7. The summed E-state index contributed by atoms with van der Waals surface area (Å²) in [5, 5.41) is 0. The van der Waals surface area contributed by atoms with Crippen LogP contribution in [0, 0.1) is 19.8 Å². The second-order valence-corrected chi connectivity index (χ2v) is 6.53. The summed E-state index contributed by atoms with van der Waals surface area (Å²) >= 11 is 0. The van der Waals surface area contributed by atoms with Crippen LogP contribution in [0.1, 0.15) is 17.8 Å². The molecule has 1 aromatic carbocycles. The van der Waals surface area contributed by atoms with Crippen LogP contribution in [0.15, 0.2) is 24.3 Å². The van der Waals surface area contributed by atoms with Gasteiger partial charge in [-0.2, -0.15) is 0 Å². The van der Waals surface area contributed by atoms with Gasteiger partial charge in [0.15, 0.2) is 11.5 Å². The Bertz CT molecular complexity index is 882. The van der Waals surface area contributed by atoms with Crippen molar-refractivity contribution in [1.82, 2.24) is 15.4 Å². The Morgan fingerprint density at radius 2 is 1.79 bits per heavy atom. The zero-order valence-electron chi connectivity index (χ0n) is 16.3. The molecule has 148 valence electrons. The number of ether oxygens (including phenoxy) is 2. The van der Waals surface area contributed by atoms with E-state index in [-0.39, 0.29) is 24.8 Å². The van der Waals surface area contributed by atoms with Crippen molar-refractivity contribution in [3.8, 4) is 11.5 Å². The van der Waals surface area contributed by atoms with E-state index in [0.29, 0.717) is 23.1 Å². The monoisotopic (exact) mass is 385 g/mol. The summed E-state index contributed by atoms with van der Waals surface area (Å²) < 4.78 is 10.5. The number of hydrazine groups is 1. The van der Waals surface area contributed by atoms with Crippen molar-refractivity contribution in [1.29, 1.82) is 0 Å². The molecule has 2 heterocycles. The van der Waals surface area contributed by atoms with Gasteiger partial charge in [-0.25, -0.2) is 9.97 Å². The SMILES string of the molecule is COc1ccc(N2C[C@H](C(=O)NNc3nc(C)cc(C)n3)CC2=O)cc1OC. The number of methoxy groups -OCH3 is 2. The molecule has 1 aliphatic heterocycles. The fourth-order valence-corrected chi connectivity index (χ4v) is 3.13. The van der Waals surface area contributed by atoms with Gasteiger partial charge in [0.05, 0.1) is 20.1 Å². The molecular formula is C19H23N5O4. The predicted octanol–water partition coefficient (Wildman–Crippen LogP) is 1.61. The number of nitrogens with one attached hydrogen (secondary N) is 2. The van der Waals surface area contributed by atoms with Crippen molar-refractivity contribution >= 4 is 23.5 Å². The number of hydrogen-bond donors (Lipinski definition) is 2. The Morgan fingerprint density at radius 1 is 1.11 bits per heavy atom. The predicted molar refractivity (Wildman–Crippen MR) is 103 cm³/mol. The number of nitrogens with zero attached hydrogens (tertiary/aromatic N) is 3. The maximum atomic E-state index is 12.5. The highest BCUT2D eigenvalue weighted by molar-refractivity contribution is 6.00. The number of rotatable bonds is 6. The van der Waals surface area contributed by atoms with Gasteiger partial charge in [0.2, 0.25) is 17.8 Å². The van der Waals surface area contributed by atoms with E-state index in [0.717, 1.165) is 11.4 Å². The molecule has 0 unspecified atom stereocenters. The molecule has 9 heteroatoms. The highest BCUT2D eigenvalue weighted by Gasteiger charge is 2.35. The highest BCUT2D eigenvalue weighted by Crippen LogP contribution is 2.34. The van der Waals surface area contributed by atoms with Gasteiger partial charge >= 0.3 is 0 Å². The van der Waals surface area contributed by atoms with E-state index in [1.165, 1.54) is 7.11 Å². The van der Waals surface area contributed by atoms with Gasteiger partial charge in [-0.1, -0.05) is 0 Å². The summed E-state index contributed by atoms with van der Waals surface area (Å²) in [6.07, 6.45) is 0.121. The molecule has 1 saturated heterocycles. The minimum Gasteiger partial charge on any atom is -0.493 e. The van der Waals surface area contributed by atoms with Crippen LogP contribution in [0.4, 0.5) is 11.6 Å². The fraction of sp³-hybridized carbons (Fsp3) is 0.368. The molecule has 3 rings (SSSR count). The first-order chi connectivity index (χ1) is 13.4. The van der Waals surface area contributed by atoms with Crippen LogP contribution < -0.4 is 25.2 Å². The van der Waals surface area contributed by atoms with Gasteiger partial charge in [0.1, 0.15) is 0 Å². The Morgan fingerprint density at radius 3 is 2.43 bits per heavy atom. The van der Waals surface area contributed by atoms with Gasteiger partial charge in [0, 0.05) is 36.1 Å². The number of benzene rings is 1. The molecule has 0 spiro atoms. The van der Waals surface area contributed by atoms with Gasteiger partial charge in [0.25, 0.3) is 0 Å². The summed E-state index contributed by atoms with van der Waals surface area (Å²) in [5.41, 5.74) is 7.55. The first kappa shape index (κ1) is 19.4. The fourth-order valence-electron chi connectivity index (χ4n) is 3.13. The number of anilines is 2. The topological polar surface area (TPSA) is 106 Å². The summed E-state index contributed by atoms with van der Waals surface area (Å²) in [6.45, 7) is 3.96. The molecule has 1 aromatic heterocycles. The summed E-state index contributed by atoms with van der Waals surface area (Å²) in [4.78, 5) is 34.9. The molecule has 0 aliphatic carbocycles. The molecule has 1 atom stereocenters. The Hall–Kier alpha value is -3.36. The smallest absolute Gasteiger partial charge is 0.243 e. The largest absolute Gasteiger partial charge is 0.493 e. The molecule has 2 aromatic rings. The van der Waals surface area contributed by atoms with Gasteiger partial charge in [-0.3, -0.25) is 20.4 Å². The van der Waals surface area contributed by atoms with Crippen LogP contribution in [-0.4, -0.2) is 42.5 Å². The minimum atomic E-state index is -0.487. The lowest BCUT2D eigenvalue weighted by molar-refractivity contribution is -0.125. The Kier molecular flexibility index (Phi) is 5.62. The van der Waals surface area contributed by atoms with E-state index in [4.69, 9.17) is 9.47 Å². The number of aromatic nitrogens is 2. The molecule has 2 amide bonds. The number of amides is 2. The molecule has 2 N–H and O–H groups in total. The van der Waals surface area contributed by atoms with Crippen molar-refractivity contribution in [2.24, 2.45) is 5.92 Å². The lowest BCUT2D eigenvalue weighted by Gasteiger charge is -2.18. The zero-order chi connectivity index (χ0) is 20.3. The molecule has 0 bridgehead atoms. The third-order valence-electron chi connectivity index (χ3n) is 4.45. The van der Waals surface area contributed by atoms with Crippen LogP contribution in [0.2, 0.25) is 0 Å². The second-order valence-electron chi connectivity index (χ2n) is 6.53. The van der Waals surface area contributed by atoms with Crippen LogP contribution in [0.5, 0.6) is 11.5 Å². The summed E-state index contributed by atoms with van der Waals surface area (Å²) in [7, 11) is 3.08. The maximum Gasteiger partial charge on any atom is 0.243 e. The van der Waals surface area contributed by atoms with Crippen LogP contribution >= 0.6 is 0 Å². The van der Waals surface area contributed by atoms with Gasteiger partial charge < -0.3 is 14.4 Å². The van der Waals surface area contributed by atoms with E-state index in [9.17, 15) is 9.59 Å². The van der Waals surface area contributed by atoms with Crippen molar-refractivity contribution in [2.75, 3.05) is 31.1 Å². The summed E-state index contributed by atoms with van der Waals surface area (Å²) in [6, 6.07) is 7.05. The molecule has 1 aliphatic rings. The highest BCUT2D eigenvalue weighted by atomic mass is 16.5. The van der Waals surface area contributed by atoms with Crippen LogP contribution in [0.25, 0.3) is 0 Å². The van der Waals surface area contributed by atoms with E-state index >= 15 is 0 Å². The average molecular weight is 385 g/mol. The maximum absolute atomic E-state index is 12.5. The standard InChI is InChI=1S/C19H23N5O4/c1-11-7-12(2)21-19(20-11)23-22-18(26)13-8-17(25)24(10-13)14-5-6-15(27-3)16(9-14)28-4/h5-7,9,13H,8,10H2,1-4H3,(H,22,26)(H,20,21,23)/t13-/m1/s1. The number of carbonyl (C=O) groups is 2. The van der Waals surface area contributed by atoms with E-state index in [1.54, 1.807) is 30.2 Å². The number of carbonyl (C=O) groups excluding carboxylic acids is 2. The van der Waals surface area contributed by atoms with Crippen LogP contribution in [-0.2, 0) is 9.59 Å². The molecule has 9 nitrogen and oxygen atoms in total. The summed E-state index contributed by atoms with van der Waals surface area (Å²) in [5.74, 6) is 0.499. The van der Waals surface area contributed by atoms with E-state index in [1.807, 2.05) is 19.9 Å². The van der Waals surface area contributed by atoms with E-state index in [2.05, 4.69) is 20.8 Å². The first-order valence-electron chi connectivity index (χ1n) is 8.81. The molecule has 0 saturated carbocycles. The Balaban J connectivity index is 1.66. The van der Waals surface area contributed by atoms with Gasteiger partial charge in [-0.05, 0) is 32.0 Å². The third kappa shape index (κ3) is 4.13. The molecule has 28 heavy (non-hydrogen) atoms. The normalized spacial score (nSPS) is 16.1. The first-order valence-corrected chi connectivity index (χ1v) is 8.81. The van der Waals surface area contributed by atoms with Crippen molar-refractivity contribution < 1.29 is 19.1 Å².